The van der Waals surface area contributed by atoms with Crippen molar-refractivity contribution in [3.05, 3.63) is 48.5 Å². The van der Waals surface area contributed by atoms with Crippen LogP contribution in [-0.2, 0) is 9.59 Å². The third-order valence-corrected chi connectivity index (χ3v) is 5.53. The minimum Gasteiger partial charge on any atom is -0.486 e. The largest absolute Gasteiger partial charge is 0.486 e. The van der Waals surface area contributed by atoms with Gasteiger partial charge in [0.1, 0.15) is 13.2 Å². The predicted molar refractivity (Wildman–Crippen MR) is 117 cm³/mol. The number of amides is 2. The fraction of sp³-hybridized carbons (Fsp3) is 0.417. The zero-order chi connectivity index (χ0) is 22.5. The SMILES string of the molecule is C[C@@H](NC(=O)CCC(=O)N[C@H](C)[C@H]1COc2ccccc2O1)[C@@H]1COc2ccccc2O1. The number of carbonyl (C=O) groups is 2. The Hall–Kier alpha value is -3.42. The Labute approximate surface area is 187 Å². The van der Waals surface area contributed by atoms with E-state index in [1.807, 2.05) is 62.4 Å². The van der Waals surface area contributed by atoms with Crippen LogP contribution in [0.4, 0.5) is 0 Å². The first kappa shape index (κ1) is 21.8. The first-order chi connectivity index (χ1) is 15.5. The van der Waals surface area contributed by atoms with Gasteiger partial charge in [0.15, 0.2) is 35.2 Å². The maximum absolute atomic E-state index is 12.3. The van der Waals surface area contributed by atoms with Gasteiger partial charge in [0.2, 0.25) is 11.8 Å². The van der Waals surface area contributed by atoms with Crippen LogP contribution in [0.3, 0.4) is 0 Å². The summed E-state index contributed by atoms with van der Waals surface area (Å²) in [6.45, 7) is 4.42. The molecule has 0 fully saturated rings. The highest BCUT2D eigenvalue weighted by molar-refractivity contribution is 5.84. The van der Waals surface area contributed by atoms with Gasteiger partial charge in [-0.25, -0.2) is 0 Å². The van der Waals surface area contributed by atoms with Crippen molar-refractivity contribution in [2.75, 3.05) is 13.2 Å². The average Bonchev–Trinajstić information content (AvgIpc) is 2.82. The molecule has 0 aliphatic carbocycles. The van der Waals surface area contributed by atoms with Crippen molar-refractivity contribution >= 4 is 11.8 Å². The number of carbonyl (C=O) groups excluding carboxylic acids is 2. The van der Waals surface area contributed by atoms with Crippen LogP contribution in [0.2, 0.25) is 0 Å². The molecule has 4 rings (SSSR count). The molecular weight excluding hydrogens is 412 g/mol. The van der Waals surface area contributed by atoms with Gasteiger partial charge >= 0.3 is 0 Å². The molecule has 0 saturated carbocycles. The van der Waals surface area contributed by atoms with Crippen molar-refractivity contribution in [2.24, 2.45) is 0 Å². The van der Waals surface area contributed by atoms with Crippen LogP contribution in [0.15, 0.2) is 48.5 Å². The summed E-state index contributed by atoms with van der Waals surface area (Å²) in [4.78, 5) is 24.7. The van der Waals surface area contributed by atoms with Crippen LogP contribution < -0.4 is 29.6 Å². The number of fused-ring (bicyclic) bond motifs is 2. The molecule has 0 radical (unpaired) electrons. The number of ether oxygens (including phenoxy) is 4. The van der Waals surface area contributed by atoms with Crippen LogP contribution in [0, 0.1) is 0 Å². The van der Waals surface area contributed by atoms with E-state index in [0.29, 0.717) is 36.2 Å². The monoisotopic (exact) mass is 440 g/mol. The highest BCUT2D eigenvalue weighted by Gasteiger charge is 2.28. The molecule has 4 atom stereocenters. The van der Waals surface area contributed by atoms with Gasteiger partial charge < -0.3 is 29.6 Å². The van der Waals surface area contributed by atoms with Crippen molar-refractivity contribution in [2.45, 2.75) is 51.0 Å². The van der Waals surface area contributed by atoms with Gasteiger partial charge in [0.25, 0.3) is 0 Å². The van der Waals surface area contributed by atoms with Crippen molar-refractivity contribution in [3.63, 3.8) is 0 Å². The van der Waals surface area contributed by atoms with Gasteiger partial charge in [0, 0.05) is 12.8 Å². The lowest BCUT2D eigenvalue weighted by Crippen LogP contribution is -2.49. The van der Waals surface area contributed by atoms with E-state index in [-0.39, 0.29) is 48.9 Å². The van der Waals surface area contributed by atoms with E-state index in [9.17, 15) is 9.59 Å². The topological polar surface area (TPSA) is 95.1 Å². The summed E-state index contributed by atoms with van der Waals surface area (Å²) >= 11 is 0. The fourth-order valence-electron chi connectivity index (χ4n) is 3.63. The molecule has 2 aromatic carbocycles. The van der Waals surface area contributed by atoms with E-state index in [1.165, 1.54) is 0 Å². The smallest absolute Gasteiger partial charge is 0.220 e. The predicted octanol–water partition coefficient (Wildman–Crippen LogP) is 2.46. The molecular formula is C24H28N2O6. The number of rotatable bonds is 7. The molecule has 170 valence electrons. The number of hydrogen-bond donors (Lipinski definition) is 2. The summed E-state index contributed by atoms with van der Waals surface area (Å²) in [5.74, 6) is 2.29. The molecule has 0 spiro atoms. The molecule has 2 aliphatic heterocycles. The van der Waals surface area contributed by atoms with Crippen LogP contribution in [0.5, 0.6) is 23.0 Å². The van der Waals surface area contributed by atoms with E-state index in [0.717, 1.165) is 0 Å². The Morgan fingerprint density at radius 2 is 1.12 bits per heavy atom. The summed E-state index contributed by atoms with van der Waals surface area (Å²) in [6.07, 6.45) is -0.432. The zero-order valence-electron chi connectivity index (χ0n) is 18.2. The molecule has 2 amide bonds. The Bertz CT molecular complexity index is 888. The Morgan fingerprint density at radius 1 is 0.750 bits per heavy atom. The van der Waals surface area contributed by atoms with E-state index in [1.54, 1.807) is 0 Å². The second-order valence-electron chi connectivity index (χ2n) is 8.04. The van der Waals surface area contributed by atoms with Gasteiger partial charge in [0.05, 0.1) is 12.1 Å². The molecule has 32 heavy (non-hydrogen) atoms. The van der Waals surface area contributed by atoms with Crippen molar-refractivity contribution in [1.82, 2.24) is 10.6 Å². The molecule has 0 saturated heterocycles. The molecule has 0 aromatic heterocycles. The minimum absolute atomic E-state index is 0.0813. The molecule has 2 N–H and O–H groups in total. The molecule has 0 bridgehead atoms. The number of para-hydroxylation sites is 4. The van der Waals surface area contributed by atoms with Crippen LogP contribution in [0.1, 0.15) is 26.7 Å². The fourth-order valence-corrected chi connectivity index (χ4v) is 3.63. The van der Waals surface area contributed by atoms with Gasteiger partial charge in [-0.1, -0.05) is 24.3 Å². The molecule has 0 unspecified atom stereocenters. The van der Waals surface area contributed by atoms with E-state index >= 15 is 0 Å². The van der Waals surface area contributed by atoms with Gasteiger partial charge in [-0.15, -0.1) is 0 Å². The summed E-state index contributed by atoms with van der Waals surface area (Å²) in [6, 6.07) is 14.3. The lowest BCUT2D eigenvalue weighted by Gasteiger charge is -2.31. The summed E-state index contributed by atoms with van der Waals surface area (Å²) in [7, 11) is 0. The number of hydrogen-bond acceptors (Lipinski definition) is 6. The second kappa shape index (κ2) is 9.80. The maximum Gasteiger partial charge on any atom is 0.220 e. The van der Waals surface area contributed by atoms with Crippen LogP contribution in [0.25, 0.3) is 0 Å². The molecule has 2 aliphatic rings. The minimum atomic E-state index is -0.297. The first-order valence-electron chi connectivity index (χ1n) is 10.9. The highest BCUT2D eigenvalue weighted by Crippen LogP contribution is 2.32. The number of nitrogens with one attached hydrogen (secondary N) is 2. The Kier molecular flexibility index (Phi) is 6.68. The summed E-state index contributed by atoms with van der Waals surface area (Å²) in [5.41, 5.74) is 0. The van der Waals surface area contributed by atoms with Crippen LogP contribution >= 0.6 is 0 Å². The molecule has 8 heteroatoms. The van der Waals surface area contributed by atoms with Crippen LogP contribution in [-0.4, -0.2) is 49.3 Å². The van der Waals surface area contributed by atoms with Gasteiger partial charge in [-0.2, -0.15) is 0 Å². The standard InChI is InChI=1S/C24H28N2O6/c1-15(21-13-29-17-7-3-5-9-19(17)31-21)25-23(27)11-12-24(28)26-16(2)22-14-30-18-8-4-6-10-20(18)32-22/h3-10,15-16,21-22H,11-14H2,1-2H3,(H,25,27)(H,26,28)/t15-,16-,21-,22+/m1/s1. The molecule has 8 nitrogen and oxygen atoms in total. The normalized spacial score (nSPS) is 20.6. The lowest BCUT2D eigenvalue weighted by molar-refractivity contribution is -0.128. The third-order valence-electron chi connectivity index (χ3n) is 5.53. The highest BCUT2D eigenvalue weighted by atomic mass is 16.6. The van der Waals surface area contributed by atoms with E-state index in [2.05, 4.69) is 10.6 Å². The summed E-state index contributed by atoms with van der Waals surface area (Å²) < 4.78 is 23.2. The lowest BCUT2D eigenvalue weighted by atomic mass is 10.1. The Morgan fingerprint density at radius 3 is 1.53 bits per heavy atom. The quantitative estimate of drug-likeness (QED) is 0.687. The van der Waals surface area contributed by atoms with Crippen molar-refractivity contribution in [1.29, 1.82) is 0 Å². The third kappa shape index (κ3) is 5.25. The van der Waals surface area contributed by atoms with Gasteiger partial charge in [-0.05, 0) is 38.1 Å². The average molecular weight is 440 g/mol. The van der Waals surface area contributed by atoms with Gasteiger partial charge in [-0.3, -0.25) is 9.59 Å². The summed E-state index contributed by atoms with van der Waals surface area (Å²) in [5, 5.41) is 5.79. The second-order valence-corrected chi connectivity index (χ2v) is 8.04. The first-order valence-corrected chi connectivity index (χ1v) is 10.9. The molecule has 2 aromatic rings. The Balaban J connectivity index is 1.18. The van der Waals surface area contributed by atoms with E-state index in [4.69, 9.17) is 18.9 Å². The van der Waals surface area contributed by atoms with Crippen molar-refractivity contribution in [3.8, 4) is 23.0 Å². The van der Waals surface area contributed by atoms with E-state index < -0.39 is 0 Å². The number of benzene rings is 2. The zero-order valence-corrected chi connectivity index (χ0v) is 18.2. The molecule has 2 heterocycles. The van der Waals surface area contributed by atoms with Crippen molar-refractivity contribution < 1.29 is 28.5 Å². The maximum atomic E-state index is 12.3.